The summed E-state index contributed by atoms with van der Waals surface area (Å²) in [5.74, 6) is -0.763. The third kappa shape index (κ3) is 3.01. The fourth-order valence-electron chi connectivity index (χ4n) is 1.76. The number of benzene rings is 1. The summed E-state index contributed by atoms with van der Waals surface area (Å²) < 4.78 is 10.4. The van der Waals surface area contributed by atoms with E-state index in [-0.39, 0.29) is 24.3 Å². The highest BCUT2D eigenvalue weighted by molar-refractivity contribution is 5.94. The van der Waals surface area contributed by atoms with E-state index in [1.54, 1.807) is 12.1 Å². The Balaban J connectivity index is 2.16. The minimum Gasteiger partial charge on any atom is -0.477 e. The van der Waals surface area contributed by atoms with Crippen LogP contribution in [-0.4, -0.2) is 16.0 Å². The average molecular weight is 277 g/mol. The summed E-state index contributed by atoms with van der Waals surface area (Å²) in [5.41, 5.74) is -0.549. The predicted octanol–water partition coefficient (Wildman–Crippen LogP) is 2.60. The molecule has 2 rings (SSSR count). The lowest BCUT2D eigenvalue weighted by molar-refractivity contribution is -0.385. The lowest BCUT2D eigenvalue weighted by atomic mass is 10.1. The minimum absolute atomic E-state index is 0.0516. The van der Waals surface area contributed by atoms with Gasteiger partial charge in [-0.1, -0.05) is 12.1 Å². The zero-order valence-electron chi connectivity index (χ0n) is 10.3. The van der Waals surface area contributed by atoms with Gasteiger partial charge in [0.15, 0.2) is 0 Å². The number of aromatic carboxylic acids is 1. The smallest absolute Gasteiger partial charge is 0.343 e. The Labute approximate surface area is 113 Å². The number of hydrogen-bond acceptors (Lipinski definition) is 5. The summed E-state index contributed by atoms with van der Waals surface area (Å²) >= 11 is 0. The van der Waals surface area contributed by atoms with Gasteiger partial charge in [0.05, 0.1) is 17.8 Å². The van der Waals surface area contributed by atoms with Gasteiger partial charge in [0.1, 0.15) is 17.9 Å². The average Bonchev–Trinajstić information content (AvgIpc) is 2.91. The fourth-order valence-corrected chi connectivity index (χ4v) is 1.76. The molecule has 0 radical (unpaired) electrons. The Morgan fingerprint density at radius 1 is 1.30 bits per heavy atom. The lowest BCUT2D eigenvalue weighted by Gasteiger charge is -2.07. The monoisotopic (exact) mass is 277 g/mol. The highest BCUT2D eigenvalue weighted by Crippen LogP contribution is 2.23. The van der Waals surface area contributed by atoms with Gasteiger partial charge in [-0.25, -0.2) is 4.79 Å². The van der Waals surface area contributed by atoms with Crippen LogP contribution >= 0.6 is 0 Å². The standard InChI is InChI=1S/C13H11NO6/c15-13(16)12-9(3-1-5-11(12)14(17)18)7-19-8-10-4-2-6-20-10/h1-6H,7-8H2,(H,15,16). The first-order chi connectivity index (χ1) is 9.59. The van der Waals surface area contributed by atoms with E-state index >= 15 is 0 Å². The van der Waals surface area contributed by atoms with E-state index in [1.807, 2.05) is 0 Å². The molecule has 20 heavy (non-hydrogen) atoms. The fraction of sp³-hybridized carbons (Fsp3) is 0.154. The molecule has 0 spiro atoms. The summed E-state index contributed by atoms with van der Waals surface area (Å²) in [6.45, 7) is 0.110. The summed E-state index contributed by atoms with van der Waals surface area (Å²) in [6.07, 6.45) is 1.49. The van der Waals surface area contributed by atoms with Crippen molar-refractivity contribution in [3.05, 3.63) is 63.6 Å². The summed E-state index contributed by atoms with van der Waals surface area (Å²) in [6, 6.07) is 7.48. The number of nitro benzene ring substituents is 1. The Morgan fingerprint density at radius 3 is 2.70 bits per heavy atom. The zero-order chi connectivity index (χ0) is 14.5. The molecule has 0 bridgehead atoms. The van der Waals surface area contributed by atoms with Crippen LogP contribution in [0, 0.1) is 10.1 Å². The van der Waals surface area contributed by atoms with Gasteiger partial charge in [-0.3, -0.25) is 10.1 Å². The molecular formula is C13H11NO6. The Bertz CT molecular complexity index is 620. The molecule has 0 aliphatic rings. The molecule has 104 valence electrons. The van der Waals surface area contributed by atoms with Crippen LogP contribution < -0.4 is 0 Å². The zero-order valence-corrected chi connectivity index (χ0v) is 10.3. The molecule has 1 heterocycles. The highest BCUT2D eigenvalue weighted by atomic mass is 16.6. The van der Waals surface area contributed by atoms with Crippen molar-refractivity contribution in [2.24, 2.45) is 0 Å². The number of carbonyl (C=O) groups is 1. The van der Waals surface area contributed by atoms with Crippen LogP contribution in [0.2, 0.25) is 0 Å². The largest absolute Gasteiger partial charge is 0.477 e. The van der Waals surface area contributed by atoms with E-state index in [2.05, 4.69) is 0 Å². The second-order valence-electron chi connectivity index (χ2n) is 3.95. The molecule has 0 atom stereocenters. The van der Waals surface area contributed by atoms with Gasteiger partial charge in [0.25, 0.3) is 5.69 Å². The van der Waals surface area contributed by atoms with Crippen molar-refractivity contribution in [3.8, 4) is 0 Å². The van der Waals surface area contributed by atoms with Crippen molar-refractivity contribution < 1.29 is 24.0 Å². The number of carboxylic acid groups (broad SMARTS) is 1. The van der Waals surface area contributed by atoms with Crippen LogP contribution in [0.3, 0.4) is 0 Å². The van der Waals surface area contributed by atoms with E-state index < -0.39 is 16.6 Å². The van der Waals surface area contributed by atoms with Crippen molar-refractivity contribution in [1.29, 1.82) is 0 Å². The van der Waals surface area contributed by atoms with Gasteiger partial charge < -0.3 is 14.3 Å². The van der Waals surface area contributed by atoms with Crippen LogP contribution in [0.5, 0.6) is 0 Å². The van der Waals surface area contributed by atoms with E-state index in [0.29, 0.717) is 5.76 Å². The normalized spacial score (nSPS) is 10.4. The summed E-state index contributed by atoms with van der Waals surface area (Å²) in [5, 5.41) is 19.9. The SMILES string of the molecule is O=C(O)c1c(COCc2ccco2)cccc1[N+](=O)[O-]. The van der Waals surface area contributed by atoms with Crippen molar-refractivity contribution >= 4 is 11.7 Å². The maximum Gasteiger partial charge on any atom is 0.343 e. The van der Waals surface area contributed by atoms with Gasteiger partial charge in [0, 0.05) is 6.07 Å². The number of nitrogens with zero attached hydrogens (tertiary/aromatic N) is 1. The molecule has 0 fully saturated rings. The maximum absolute atomic E-state index is 11.2. The summed E-state index contributed by atoms with van der Waals surface area (Å²) in [4.78, 5) is 21.3. The van der Waals surface area contributed by atoms with E-state index in [4.69, 9.17) is 14.3 Å². The summed E-state index contributed by atoms with van der Waals surface area (Å²) in [7, 11) is 0. The number of furan rings is 1. The van der Waals surface area contributed by atoms with Crippen molar-refractivity contribution in [2.75, 3.05) is 0 Å². The number of rotatable bonds is 6. The van der Waals surface area contributed by atoms with Crippen LogP contribution in [-0.2, 0) is 18.0 Å². The van der Waals surface area contributed by atoms with Gasteiger partial charge in [-0.15, -0.1) is 0 Å². The van der Waals surface area contributed by atoms with E-state index in [9.17, 15) is 14.9 Å². The molecule has 0 unspecified atom stereocenters. The third-order valence-electron chi connectivity index (χ3n) is 2.62. The molecule has 1 aromatic heterocycles. The number of nitro groups is 1. The molecule has 0 amide bonds. The first kappa shape index (κ1) is 13.8. The van der Waals surface area contributed by atoms with Crippen molar-refractivity contribution in [2.45, 2.75) is 13.2 Å². The highest BCUT2D eigenvalue weighted by Gasteiger charge is 2.23. The third-order valence-corrected chi connectivity index (χ3v) is 2.62. The van der Waals surface area contributed by atoms with Gasteiger partial charge >= 0.3 is 5.97 Å². The molecule has 0 aliphatic heterocycles. The first-order valence-electron chi connectivity index (χ1n) is 5.69. The molecule has 2 aromatic rings. The Hall–Kier alpha value is -2.67. The Kier molecular flexibility index (Phi) is 4.11. The molecule has 0 saturated carbocycles. The number of carboxylic acids is 1. The molecule has 0 aliphatic carbocycles. The first-order valence-corrected chi connectivity index (χ1v) is 5.69. The second-order valence-corrected chi connectivity index (χ2v) is 3.95. The van der Waals surface area contributed by atoms with Crippen molar-refractivity contribution in [3.63, 3.8) is 0 Å². The predicted molar refractivity (Wildman–Crippen MR) is 67.3 cm³/mol. The second kappa shape index (κ2) is 5.98. The number of hydrogen-bond donors (Lipinski definition) is 1. The molecular weight excluding hydrogens is 266 g/mol. The Morgan fingerprint density at radius 2 is 2.10 bits per heavy atom. The van der Waals surface area contributed by atoms with Crippen molar-refractivity contribution in [1.82, 2.24) is 0 Å². The molecule has 7 heteroatoms. The molecule has 0 saturated heterocycles. The van der Waals surface area contributed by atoms with Gasteiger partial charge in [0.2, 0.25) is 0 Å². The topological polar surface area (TPSA) is 103 Å². The molecule has 1 N–H and O–H groups in total. The minimum atomic E-state index is -1.35. The van der Waals surface area contributed by atoms with E-state index in [1.165, 1.54) is 18.4 Å². The van der Waals surface area contributed by atoms with Gasteiger partial charge in [-0.05, 0) is 17.7 Å². The van der Waals surface area contributed by atoms with Crippen LogP contribution in [0.1, 0.15) is 21.7 Å². The quantitative estimate of drug-likeness (QED) is 0.643. The van der Waals surface area contributed by atoms with E-state index in [0.717, 1.165) is 6.07 Å². The maximum atomic E-state index is 11.2. The number of ether oxygens (including phenoxy) is 1. The van der Waals surface area contributed by atoms with Gasteiger partial charge in [-0.2, -0.15) is 0 Å². The van der Waals surface area contributed by atoms with Crippen LogP contribution in [0.25, 0.3) is 0 Å². The molecule has 1 aromatic carbocycles. The lowest BCUT2D eigenvalue weighted by Crippen LogP contribution is -2.08. The van der Waals surface area contributed by atoms with Crippen LogP contribution in [0.4, 0.5) is 5.69 Å². The molecule has 7 nitrogen and oxygen atoms in total. The van der Waals surface area contributed by atoms with Crippen LogP contribution in [0.15, 0.2) is 41.0 Å².